The maximum absolute atomic E-state index is 13.1. The van der Waals surface area contributed by atoms with Gasteiger partial charge in [-0.3, -0.25) is 9.59 Å². The van der Waals surface area contributed by atoms with Crippen molar-refractivity contribution in [2.45, 2.75) is 66.1 Å². The number of nitrogens with one attached hydrogen (secondary N) is 1. The molecule has 0 aliphatic carbocycles. The van der Waals surface area contributed by atoms with E-state index in [0.29, 0.717) is 18.7 Å². The van der Waals surface area contributed by atoms with Crippen LogP contribution in [0.25, 0.3) is 0 Å². The molecule has 2 rings (SSSR count). The van der Waals surface area contributed by atoms with E-state index in [9.17, 15) is 9.59 Å². The molecule has 0 saturated carbocycles. The predicted molar refractivity (Wildman–Crippen MR) is 120 cm³/mol. The van der Waals surface area contributed by atoms with Gasteiger partial charge < -0.3 is 15.0 Å². The molecule has 0 fully saturated rings. The Morgan fingerprint density at radius 3 is 2.03 bits per heavy atom. The second-order valence-electron chi connectivity index (χ2n) is 7.85. The van der Waals surface area contributed by atoms with Crippen LogP contribution in [0.3, 0.4) is 0 Å². The van der Waals surface area contributed by atoms with E-state index < -0.39 is 6.04 Å². The molecule has 5 nitrogen and oxygen atoms in total. The molecule has 0 saturated heterocycles. The summed E-state index contributed by atoms with van der Waals surface area (Å²) in [5.74, 6) is 0.311. The zero-order valence-electron chi connectivity index (χ0n) is 18.8. The van der Waals surface area contributed by atoms with Gasteiger partial charge in [-0.15, -0.1) is 0 Å². The monoisotopic (exact) mass is 410 g/mol. The van der Waals surface area contributed by atoms with Crippen LogP contribution in [0.15, 0.2) is 48.5 Å². The SMILES string of the molecule is CC[C@H](C)NC(=O)[C@H](CC)N(Cc1ccc(C)cc1)C(=O)COc1ccc(C)cc1. The van der Waals surface area contributed by atoms with Crippen LogP contribution < -0.4 is 10.1 Å². The van der Waals surface area contributed by atoms with Crippen LogP contribution in [-0.2, 0) is 16.1 Å². The summed E-state index contributed by atoms with van der Waals surface area (Å²) in [6, 6.07) is 15.1. The Morgan fingerprint density at radius 1 is 0.933 bits per heavy atom. The highest BCUT2D eigenvalue weighted by Crippen LogP contribution is 2.16. The third kappa shape index (κ3) is 6.90. The first-order valence-corrected chi connectivity index (χ1v) is 10.7. The van der Waals surface area contributed by atoms with Crippen LogP contribution >= 0.6 is 0 Å². The van der Waals surface area contributed by atoms with Crippen molar-refractivity contribution in [3.8, 4) is 5.75 Å². The summed E-state index contributed by atoms with van der Waals surface area (Å²) >= 11 is 0. The predicted octanol–water partition coefficient (Wildman–Crippen LogP) is 4.40. The van der Waals surface area contributed by atoms with Crippen LogP contribution in [0, 0.1) is 13.8 Å². The largest absolute Gasteiger partial charge is 0.484 e. The van der Waals surface area contributed by atoms with E-state index in [1.54, 1.807) is 4.90 Å². The molecule has 2 amide bonds. The fourth-order valence-electron chi connectivity index (χ4n) is 3.11. The summed E-state index contributed by atoms with van der Waals surface area (Å²) in [6.45, 7) is 10.2. The summed E-state index contributed by atoms with van der Waals surface area (Å²) in [7, 11) is 0. The zero-order valence-corrected chi connectivity index (χ0v) is 18.8. The Hall–Kier alpha value is -2.82. The minimum atomic E-state index is -0.547. The van der Waals surface area contributed by atoms with Gasteiger partial charge in [0, 0.05) is 12.6 Å². The van der Waals surface area contributed by atoms with E-state index >= 15 is 0 Å². The first-order valence-electron chi connectivity index (χ1n) is 10.7. The molecule has 0 radical (unpaired) electrons. The van der Waals surface area contributed by atoms with E-state index in [0.717, 1.165) is 23.1 Å². The first kappa shape index (κ1) is 23.5. The number of amides is 2. The average Bonchev–Trinajstić information content (AvgIpc) is 2.74. The second-order valence-corrected chi connectivity index (χ2v) is 7.85. The van der Waals surface area contributed by atoms with Crippen LogP contribution in [0.1, 0.15) is 50.3 Å². The molecule has 2 aromatic rings. The van der Waals surface area contributed by atoms with Crippen molar-refractivity contribution in [2.75, 3.05) is 6.61 Å². The van der Waals surface area contributed by atoms with Gasteiger partial charge in [-0.2, -0.15) is 0 Å². The standard InChI is InChI=1S/C25H34N2O3/c1-6-20(5)26-25(29)23(7-2)27(16-21-12-8-18(3)9-13-21)24(28)17-30-22-14-10-19(4)11-15-22/h8-15,20,23H,6-7,16-17H2,1-5H3,(H,26,29)/t20-,23-/m0/s1. The van der Waals surface area contributed by atoms with Crippen molar-refractivity contribution in [1.29, 1.82) is 0 Å². The molecule has 5 heteroatoms. The Bertz CT molecular complexity index is 815. The van der Waals surface area contributed by atoms with Gasteiger partial charge in [0.15, 0.2) is 6.61 Å². The summed E-state index contributed by atoms with van der Waals surface area (Å²) in [4.78, 5) is 27.7. The normalized spacial score (nSPS) is 12.7. The number of benzene rings is 2. The Labute approximate surface area is 180 Å². The molecule has 2 aromatic carbocycles. The summed E-state index contributed by atoms with van der Waals surface area (Å²) in [6.07, 6.45) is 1.37. The van der Waals surface area contributed by atoms with Crippen molar-refractivity contribution < 1.29 is 14.3 Å². The van der Waals surface area contributed by atoms with Crippen molar-refractivity contribution >= 4 is 11.8 Å². The lowest BCUT2D eigenvalue weighted by Crippen LogP contribution is -2.51. The van der Waals surface area contributed by atoms with E-state index in [2.05, 4.69) is 5.32 Å². The zero-order chi connectivity index (χ0) is 22.1. The van der Waals surface area contributed by atoms with Crippen LogP contribution in [0.2, 0.25) is 0 Å². The number of carbonyl (C=O) groups is 2. The highest BCUT2D eigenvalue weighted by Gasteiger charge is 2.29. The van der Waals surface area contributed by atoms with Crippen molar-refractivity contribution in [3.63, 3.8) is 0 Å². The molecule has 0 bridgehead atoms. The van der Waals surface area contributed by atoms with Crippen LogP contribution in [-0.4, -0.2) is 35.4 Å². The van der Waals surface area contributed by atoms with E-state index in [-0.39, 0.29) is 24.5 Å². The quantitative estimate of drug-likeness (QED) is 0.631. The molecule has 30 heavy (non-hydrogen) atoms. The maximum atomic E-state index is 13.1. The smallest absolute Gasteiger partial charge is 0.261 e. The third-order valence-electron chi connectivity index (χ3n) is 5.24. The number of hydrogen-bond acceptors (Lipinski definition) is 3. The highest BCUT2D eigenvalue weighted by molar-refractivity contribution is 5.88. The molecule has 162 valence electrons. The molecular formula is C25H34N2O3. The first-order chi connectivity index (χ1) is 14.3. The molecule has 0 spiro atoms. The Morgan fingerprint density at radius 2 is 1.50 bits per heavy atom. The van der Waals surface area contributed by atoms with Gasteiger partial charge in [0.05, 0.1) is 0 Å². The molecule has 0 aromatic heterocycles. The van der Waals surface area contributed by atoms with Gasteiger partial charge in [0.1, 0.15) is 11.8 Å². The van der Waals surface area contributed by atoms with Gasteiger partial charge in [0.2, 0.25) is 5.91 Å². The fraction of sp³-hybridized carbons (Fsp3) is 0.440. The van der Waals surface area contributed by atoms with Crippen molar-refractivity contribution in [3.05, 3.63) is 65.2 Å². The molecular weight excluding hydrogens is 376 g/mol. The number of ether oxygens (including phenoxy) is 1. The van der Waals surface area contributed by atoms with Gasteiger partial charge in [-0.05, 0) is 51.3 Å². The second kappa shape index (κ2) is 11.4. The minimum absolute atomic E-state index is 0.0617. The molecule has 0 aliphatic rings. The number of hydrogen-bond donors (Lipinski definition) is 1. The van der Waals surface area contributed by atoms with E-state index in [1.807, 2.05) is 83.1 Å². The number of aryl methyl sites for hydroxylation is 2. The summed E-state index contributed by atoms with van der Waals surface area (Å²) in [5, 5.41) is 3.02. The highest BCUT2D eigenvalue weighted by atomic mass is 16.5. The molecule has 0 aliphatic heterocycles. The van der Waals surface area contributed by atoms with Gasteiger partial charge in [-0.1, -0.05) is 61.4 Å². The molecule has 2 atom stereocenters. The lowest BCUT2D eigenvalue weighted by molar-refractivity contribution is -0.143. The average molecular weight is 411 g/mol. The lowest BCUT2D eigenvalue weighted by atomic mass is 10.1. The van der Waals surface area contributed by atoms with Crippen molar-refractivity contribution in [1.82, 2.24) is 10.2 Å². The molecule has 1 N–H and O–H groups in total. The molecule has 0 unspecified atom stereocenters. The third-order valence-corrected chi connectivity index (χ3v) is 5.24. The number of rotatable bonds is 10. The Kier molecular flexibility index (Phi) is 8.90. The molecule has 0 heterocycles. The van der Waals surface area contributed by atoms with Crippen LogP contribution in [0.5, 0.6) is 5.75 Å². The number of nitrogens with zero attached hydrogens (tertiary/aromatic N) is 1. The Balaban J connectivity index is 2.19. The van der Waals surface area contributed by atoms with Gasteiger partial charge in [-0.25, -0.2) is 0 Å². The maximum Gasteiger partial charge on any atom is 0.261 e. The van der Waals surface area contributed by atoms with E-state index in [4.69, 9.17) is 4.74 Å². The number of carbonyl (C=O) groups excluding carboxylic acids is 2. The van der Waals surface area contributed by atoms with Gasteiger partial charge >= 0.3 is 0 Å². The van der Waals surface area contributed by atoms with Crippen LogP contribution in [0.4, 0.5) is 0 Å². The lowest BCUT2D eigenvalue weighted by Gasteiger charge is -2.31. The topological polar surface area (TPSA) is 58.6 Å². The fourth-order valence-corrected chi connectivity index (χ4v) is 3.11. The summed E-state index contributed by atoms with van der Waals surface area (Å²) in [5.41, 5.74) is 3.27. The van der Waals surface area contributed by atoms with Crippen molar-refractivity contribution in [2.24, 2.45) is 0 Å². The van der Waals surface area contributed by atoms with E-state index in [1.165, 1.54) is 0 Å². The summed E-state index contributed by atoms with van der Waals surface area (Å²) < 4.78 is 5.71. The van der Waals surface area contributed by atoms with Gasteiger partial charge in [0.25, 0.3) is 5.91 Å². The minimum Gasteiger partial charge on any atom is -0.484 e.